The van der Waals surface area contributed by atoms with Crippen LogP contribution < -0.4 is 11.1 Å². The first-order valence-electron chi connectivity index (χ1n) is 5.83. The molecule has 0 saturated carbocycles. The SMILES string of the molecule is CCC(CC)(NC(=O)c1ccc(I)cc1)C(N)=S. The molecule has 0 bridgehead atoms. The number of hydrogen-bond donors (Lipinski definition) is 2. The maximum atomic E-state index is 12.2. The number of nitrogens with one attached hydrogen (secondary N) is 1. The smallest absolute Gasteiger partial charge is 0.252 e. The van der Waals surface area contributed by atoms with Crippen molar-refractivity contribution < 1.29 is 4.79 Å². The van der Waals surface area contributed by atoms with E-state index in [0.717, 1.165) is 3.57 Å². The molecule has 0 saturated heterocycles. The predicted molar refractivity (Wildman–Crippen MR) is 86.7 cm³/mol. The van der Waals surface area contributed by atoms with Gasteiger partial charge in [-0.1, -0.05) is 26.1 Å². The summed E-state index contributed by atoms with van der Waals surface area (Å²) in [6.07, 6.45) is 1.38. The molecule has 0 fully saturated rings. The van der Waals surface area contributed by atoms with Crippen molar-refractivity contribution in [3.05, 3.63) is 33.4 Å². The molecule has 1 aromatic carbocycles. The number of benzene rings is 1. The molecule has 0 aliphatic rings. The van der Waals surface area contributed by atoms with Crippen LogP contribution in [0.25, 0.3) is 0 Å². The molecule has 98 valence electrons. The van der Waals surface area contributed by atoms with E-state index in [4.69, 9.17) is 18.0 Å². The second kappa shape index (κ2) is 6.47. The largest absolute Gasteiger partial charge is 0.391 e. The maximum Gasteiger partial charge on any atom is 0.252 e. The van der Waals surface area contributed by atoms with Crippen LogP contribution in [-0.2, 0) is 0 Å². The van der Waals surface area contributed by atoms with Crippen LogP contribution in [-0.4, -0.2) is 16.4 Å². The summed E-state index contributed by atoms with van der Waals surface area (Å²) in [7, 11) is 0. The van der Waals surface area contributed by atoms with E-state index in [2.05, 4.69) is 27.9 Å². The molecule has 5 heteroatoms. The Morgan fingerprint density at radius 1 is 1.33 bits per heavy atom. The summed E-state index contributed by atoms with van der Waals surface area (Å²) in [6.45, 7) is 3.94. The number of amides is 1. The highest BCUT2D eigenvalue weighted by molar-refractivity contribution is 14.1. The number of carbonyl (C=O) groups excluding carboxylic acids is 1. The van der Waals surface area contributed by atoms with Crippen LogP contribution in [0.1, 0.15) is 37.0 Å². The van der Waals surface area contributed by atoms with Gasteiger partial charge in [0.2, 0.25) is 0 Å². The second-order valence-corrected chi connectivity index (χ2v) is 5.80. The Morgan fingerprint density at radius 2 is 1.83 bits per heavy atom. The fourth-order valence-electron chi connectivity index (χ4n) is 1.73. The zero-order chi connectivity index (χ0) is 13.8. The fourth-order valence-corrected chi connectivity index (χ4v) is 2.43. The lowest BCUT2D eigenvalue weighted by molar-refractivity contribution is 0.0920. The van der Waals surface area contributed by atoms with Gasteiger partial charge in [-0.2, -0.15) is 0 Å². The summed E-state index contributed by atoms with van der Waals surface area (Å²) >= 11 is 7.28. The molecule has 3 nitrogen and oxygen atoms in total. The van der Waals surface area contributed by atoms with Gasteiger partial charge in [0, 0.05) is 9.13 Å². The van der Waals surface area contributed by atoms with E-state index in [1.165, 1.54) is 0 Å². The molecule has 0 spiro atoms. The minimum Gasteiger partial charge on any atom is -0.391 e. The van der Waals surface area contributed by atoms with Crippen molar-refractivity contribution in [1.82, 2.24) is 5.32 Å². The van der Waals surface area contributed by atoms with E-state index in [1.54, 1.807) is 12.1 Å². The molecule has 0 atom stereocenters. The van der Waals surface area contributed by atoms with Crippen LogP contribution in [0.2, 0.25) is 0 Å². The monoisotopic (exact) mass is 376 g/mol. The molecule has 3 N–H and O–H groups in total. The lowest BCUT2D eigenvalue weighted by Gasteiger charge is -2.31. The third-order valence-electron chi connectivity index (χ3n) is 3.14. The van der Waals surface area contributed by atoms with Gasteiger partial charge in [-0.25, -0.2) is 0 Å². The fraction of sp³-hybridized carbons (Fsp3) is 0.385. The van der Waals surface area contributed by atoms with Gasteiger partial charge in [0.1, 0.15) is 0 Å². The molecule has 1 aromatic rings. The third kappa shape index (κ3) is 3.41. The van der Waals surface area contributed by atoms with Gasteiger partial charge in [-0.15, -0.1) is 0 Å². The summed E-state index contributed by atoms with van der Waals surface area (Å²) in [5.74, 6) is -0.136. The van der Waals surface area contributed by atoms with Gasteiger partial charge in [-0.05, 0) is 59.7 Å². The Labute approximate surface area is 127 Å². The van der Waals surface area contributed by atoms with Gasteiger partial charge >= 0.3 is 0 Å². The van der Waals surface area contributed by atoms with Crippen molar-refractivity contribution in [2.45, 2.75) is 32.2 Å². The van der Waals surface area contributed by atoms with E-state index in [1.807, 2.05) is 26.0 Å². The van der Waals surface area contributed by atoms with Gasteiger partial charge in [0.25, 0.3) is 5.91 Å². The normalized spacial score (nSPS) is 11.1. The summed E-state index contributed by atoms with van der Waals surface area (Å²) < 4.78 is 1.09. The van der Waals surface area contributed by atoms with Crippen LogP contribution in [0.4, 0.5) is 0 Å². The maximum absolute atomic E-state index is 12.2. The predicted octanol–water partition coefficient (Wildman–Crippen LogP) is 2.87. The van der Waals surface area contributed by atoms with E-state index < -0.39 is 5.54 Å². The molecule has 0 radical (unpaired) electrons. The number of rotatable bonds is 5. The second-order valence-electron chi connectivity index (χ2n) is 4.11. The quantitative estimate of drug-likeness (QED) is 0.614. The molecular formula is C13H17IN2OS. The van der Waals surface area contributed by atoms with Crippen LogP contribution in [0.5, 0.6) is 0 Å². The van der Waals surface area contributed by atoms with Crippen molar-refractivity contribution in [2.24, 2.45) is 5.73 Å². The number of carbonyl (C=O) groups is 1. The highest BCUT2D eigenvalue weighted by Gasteiger charge is 2.31. The van der Waals surface area contributed by atoms with E-state index in [-0.39, 0.29) is 5.91 Å². The lowest BCUT2D eigenvalue weighted by Crippen LogP contribution is -2.55. The Kier molecular flexibility index (Phi) is 5.52. The summed E-state index contributed by atoms with van der Waals surface area (Å²) in [4.78, 5) is 12.5. The van der Waals surface area contributed by atoms with Gasteiger partial charge in [0.05, 0.1) is 10.5 Å². The Balaban J connectivity index is 2.91. The molecule has 1 rings (SSSR count). The van der Waals surface area contributed by atoms with E-state index in [0.29, 0.717) is 23.4 Å². The molecular weight excluding hydrogens is 359 g/mol. The Morgan fingerprint density at radius 3 is 2.22 bits per heavy atom. The Bertz CT molecular complexity index is 441. The Hall–Kier alpha value is -0.690. The molecule has 18 heavy (non-hydrogen) atoms. The van der Waals surface area contributed by atoms with E-state index in [9.17, 15) is 4.79 Å². The molecule has 0 unspecified atom stereocenters. The van der Waals surface area contributed by atoms with Crippen LogP contribution in [0, 0.1) is 3.57 Å². The average Bonchev–Trinajstić information content (AvgIpc) is 2.36. The number of halogens is 1. The topological polar surface area (TPSA) is 55.1 Å². The zero-order valence-electron chi connectivity index (χ0n) is 10.5. The van der Waals surface area contributed by atoms with Gasteiger partial charge < -0.3 is 11.1 Å². The molecule has 0 aliphatic heterocycles. The molecule has 0 heterocycles. The minimum absolute atomic E-state index is 0.136. The van der Waals surface area contributed by atoms with Crippen molar-refractivity contribution in [2.75, 3.05) is 0 Å². The summed E-state index contributed by atoms with van der Waals surface area (Å²) in [5, 5.41) is 2.96. The first-order valence-corrected chi connectivity index (χ1v) is 7.32. The third-order valence-corrected chi connectivity index (χ3v) is 4.25. The molecule has 0 aliphatic carbocycles. The highest BCUT2D eigenvalue weighted by atomic mass is 127. The molecule has 1 amide bonds. The van der Waals surface area contributed by atoms with Crippen LogP contribution in [0.15, 0.2) is 24.3 Å². The average molecular weight is 376 g/mol. The lowest BCUT2D eigenvalue weighted by atomic mass is 9.92. The standard InChI is InChI=1S/C13H17IN2OS/c1-3-13(4-2,12(15)18)16-11(17)9-5-7-10(14)8-6-9/h5-8H,3-4H2,1-2H3,(H2,15,18)(H,16,17). The van der Waals surface area contributed by atoms with Crippen LogP contribution in [0.3, 0.4) is 0 Å². The van der Waals surface area contributed by atoms with Crippen LogP contribution >= 0.6 is 34.8 Å². The van der Waals surface area contributed by atoms with E-state index >= 15 is 0 Å². The van der Waals surface area contributed by atoms with Crippen molar-refractivity contribution >= 4 is 45.7 Å². The minimum atomic E-state index is -0.588. The first-order chi connectivity index (χ1) is 8.45. The number of nitrogens with two attached hydrogens (primary N) is 1. The van der Waals surface area contributed by atoms with Crippen molar-refractivity contribution in [3.8, 4) is 0 Å². The number of thiocarbonyl (C=S) groups is 1. The summed E-state index contributed by atoms with van der Waals surface area (Å²) in [6, 6.07) is 7.39. The van der Waals surface area contributed by atoms with Gasteiger partial charge in [-0.3, -0.25) is 4.79 Å². The zero-order valence-corrected chi connectivity index (χ0v) is 13.5. The van der Waals surface area contributed by atoms with Crippen molar-refractivity contribution in [1.29, 1.82) is 0 Å². The highest BCUT2D eigenvalue weighted by Crippen LogP contribution is 2.17. The number of hydrogen-bond acceptors (Lipinski definition) is 2. The van der Waals surface area contributed by atoms with Gasteiger partial charge in [0.15, 0.2) is 0 Å². The summed E-state index contributed by atoms with van der Waals surface area (Å²) in [5.41, 5.74) is 5.79. The molecule has 0 aromatic heterocycles. The first kappa shape index (κ1) is 15.4. The van der Waals surface area contributed by atoms with Crippen molar-refractivity contribution in [3.63, 3.8) is 0 Å².